The van der Waals surface area contributed by atoms with E-state index in [0.717, 1.165) is 38.5 Å². The Hall–Kier alpha value is -1.23. The quantitative estimate of drug-likeness (QED) is 0.895. The highest BCUT2D eigenvalue weighted by Gasteiger charge is 2.34. The number of hydrogen-bond acceptors (Lipinski definition) is 2. The van der Waals surface area contributed by atoms with Gasteiger partial charge in [0.05, 0.1) is 5.56 Å². The Bertz CT molecular complexity index is 459. The summed E-state index contributed by atoms with van der Waals surface area (Å²) in [5, 5.41) is 3.08. The minimum absolute atomic E-state index is 0.0304. The highest BCUT2D eigenvalue weighted by Crippen LogP contribution is 2.35. The van der Waals surface area contributed by atoms with E-state index in [1.54, 1.807) is 6.07 Å². The monoisotopic (exact) mass is 300 g/mol. The summed E-state index contributed by atoms with van der Waals surface area (Å²) in [4.78, 5) is 2.36. The SMILES string of the molecule is CCN1CCCC(C(C)Nc2ccccc2C(F)(F)F)C1. The Kier molecular flexibility index (Phi) is 5.14. The molecule has 1 heterocycles. The van der Waals surface area contributed by atoms with E-state index in [9.17, 15) is 13.2 Å². The lowest BCUT2D eigenvalue weighted by Crippen LogP contribution is -2.41. The molecule has 1 N–H and O–H groups in total. The molecule has 1 aromatic rings. The van der Waals surface area contributed by atoms with Gasteiger partial charge in [0, 0.05) is 18.3 Å². The van der Waals surface area contributed by atoms with Crippen molar-refractivity contribution in [3.8, 4) is 0 Å². The van der Waals surface area contributed by atoms with Crippen molar-refractivity contribution in [3.63, 3.8) is 0 Å². The predicted molar refractivity (Wildman–Crippen MR) is 79.4 cm³/mol. The molecule has 1 fully saturated rings. The van der Waals surface area contributed by atoms with E-state index in [-0.39, 0.29) is 11.7 Å². The Morgan fingerprint density at radius 1 is 1.33 bits per heavy atom. The van der Waals surface area contributed by atoms with Gasteiger partial charge in [0.1, 0.15) is 0 Å². The molecule has 0 bridgehead atoms. The maximum atomic E-state index is 13.0. The zero-order chi connectivity index (χ0) is 15.5. The first-order chi connectivity index (χ1) is 9.91. The van der Waals surface area contributed by atoms with Gasteiger partial charge in [-0.15, -0.1) is 0 Å². The van der Waals surface area contributed by atoms with Crippen molar-refractivity contribution < 1.29 is 13.2 Å². The minimum atomic E-state index is -4.31. The molecule has 2 nitrogen and oxygen atoms in total. The van der Waals surface area contributed by atoms with Crippen molar-refractivity contribution in [1.29, 1.82) is 0 Å². The second kappa shape index (κ2) is 6.69. The van der Waals surface area contributed by atoms with E-state index in [2.05, 4.69) is 17.1 Å². The van der Waals surface area contributed by atoms with Crippen LogP contribution in [0.25, 0.3) is 0 Å². The van der Waals surface area contributed by atoms with Crippen LogP contribution in [-0.2, 0) is 6.18 Å². The van der Waals surface area contributed by atoms with Gasteiger partial charge in [-0.1, -0.05) is 19.1 Å². The van der Waals surface area contributed by atoms with Crippen molar-refractivity contribution in [3.05, 3.63) is 29.8 Å². The third kappa shape index (κ3) is 4.13. The fraction of sp³-hybridized carbons (Fsp3) is 0.625. The smallest absolute Gasteiger partial charge is 0.382 e. The van der Waals surface area contributed by atoms with Crippen LogP contribution in [0.5, 0.6) is 0 Å². The number of nitrogens with one attached hydrogen (secondary N) is 1. The molecule has 0 spiro atoms. The molecule has 0 aliphatic carbocycles. The van der Waals surface area contributed by atoms with Gasteiger partial charge in [-0.25, -0.2) is 0 Å². The first-order valence-electron chi connectivity index (χ1n) is 7.57. The molecule has 2 unspecified atom stereocenters. The molecule has 1 aromatic carbocycles. The predicted octanol–water partition coefficient (Wildman–Crippen LogP) is 4.24. The summed E-state index contributed by atoms with van der Waals surface area (Å²) in [7, 11) is 0. The number of benzene rings is 1. The van der Waals surface area contributed by atoms with Crippen LogP contribution in [0.3, 0.4) is 0 Å². The fourth-order valence-electron chi connectivity index (χ4n) is 3.01. The first-order valence-corrected chi connectivity index (χ1v) is 7.57. The zero-order valence-electron chi connectivity index (χ0n) is 12.6. The molecule has 118 valence electrons. The molecule has 0 radical (unpaired) electrons. The number of rotatable bonds is 4. The van der Waals surface area contributed by atoms with Crippen LogP contribution in [0.15, 0.2) is 24.3 Å². The molecule has 1 aliphatic heterocycles. The largest absolute Gasteiger partial charge is 0.418 e. The summed E-state index contributed by atoms with van der Waals surface area (Å²) in [6, 6.07) is 5.75. The van der Waals surface area contributed by atoms with Gasteiger partial charge in [0.25, 0.3) is 0 Å². The standard InChI is InChI=1S/C16H23F3N2/c1-3-21-10-6-7-13(11-21)12(2)20-15-9-5-4-8-14(15)16(17,18)19/h4-5,8-9,12-13,20H,3,6-7,10-11H2,1-2H3. The van der Waals surface area contributed by atoms with E-state index in [1.165, 1.54) is 12.1 Å². The summed E-state index contributed by atoms with van der Waals surface area (Å²) < 4.78 is 39.0. The normalized spacial score (nSPS) is 22.0. The molecule has 21 heavy (non-hydrogen) atoms. The Morgan fingerprint density at radius 3 is 2.71 bits per heavy atom. The molecule has 2 rings (SSSR count). The van der Waals surface area contributed by atoms with Crippen LogP contribution in [0, 0.1) is 5.92 Å². The van der Waals surface area contributed by atoms with Crippen molar-refractivity contribution in [2.45, 2.75) is 38.9 Å². The van der Waals surface area contributed by atoms with Crippen LogP contribution in [0.4, 0.5) is 18.9 Å². The van der Waals surface area contributed by atoms with E-state index < -0.39 is 11.7 Å². The Balaban J connectivity index is 2.07. The molecule has 1 aliphatic rings. The molecule has 0 saturated carbocycles. The van der Waals surface area contributed by atoms with E-state index in [1.807, 2.05) is 6.92 Å². The van der Waals surface area contributed by atoms with Gasteiger partial charge < -0.3 is 10.2 Å². The second-order valence-electron chi connectivity index (χ2n) is 5.77. The first kappa shape index (κ1) is 16.1. The molecule has 0 aromatic heterocycles. The third-order valence-corrected chi connectivity index (χ3v) is 4.31. The van der Waals surface area contributed by atoms with Crippen LogP contribution in [0.1, 0.15) is 32.3 Å². The van der Waals surface area contributed by atoms with Gasteiger partial charge in [0.15, 0.2) is 0 Å². The second-order valence-corrected chi connectivity index (χ2v) is 5.77. The number of anilines is 1. The molecule has 5 heteroatoms. The molecular formula is C16H23F3N2. The number of piperidine rings is 1. The van der Waals surface area contributed by atoms with Gasteiger partial charge in [-0.05, 0) is 50.9 Å². The summed E-state index contributed by atoms with van der Waals surface area (Å²) in [6.07, 6.45) is -2.13. The van der Waals surface area contributed by atoms with Gasteiger partial charge >= 0.3 is 6.18 Å². The third-order valence-electron chi connectivity index (χ3n) is 4.31. The summed E-state index contributed by atoms with van der Waals surface area (Å²) in [5.74, 6) is 0.389. The lowest BCUT2D eigenvalue weighted by Gasteiger charge is -2.36. The number of likely N-dealkylation sites (tertiary alicyclic amines) is 1. The lowest BCUT2D eigenvalue weighted by atomic mass is 9.91. The van der Waals surface area contributed by atoms with Crippen molar-refractivity contribution >= 4 is 5.69 Å². The minimum Gasteiger partial charge on any atom is -0.382 e. The molecule has 0 amide bonds. The number of halogens is 3. The Labute approximate surface area is 124 Å². The summed E-state index contributed by atoms with van der Waals surface area (Å²) >= 11 is 0. The van der Waals surface area contributed by atoms with Gasteiger partial charge in [-0.3, -0.25) is 0 Å². The maximum Gasteiger partial charge on any atom is 0.418 e. The molecule has 2 atom stereocenters. The lowest BCUT2D eigenvalue weighted by molar-refractivity contribution is -0.137. The van der Waals surface area contributed by atoms with E-state index in [0.29, 0.717) is 5.92 Å². The average Bonchev–Trinajstić information content (AvgIpc) is 2.46. The van der Waals surface area contributed by atoms with E-state index >= 15 is 0 Å². The van der Waals surface area contributed by atoms with Gasteiger partial charge in [-0.2, -0.15) is 13.2 Å². The molecular weight excluding hydrogens is 277 g/mol. The van der Waals surface area contributed by atoms with Crippen molar-refractivity contribution in [2.75, 3.05) is 25.0 Å². The number of alkyl halides is 3. The number of hydrogen-bond donors (Lipinski definition) is 1. The average molecular weight is 300 g/mol. The highest BCUT2D eigenvalue weighted by atomic mass is 19.4. The summed E-state index contributed by atoms with van der Waals surface area (Å²) in [5.41, 5.74) is -0.397. The topological polar surface area (TPSA) is 15.3 Å². The van der Waals surface area contributed by atoms with Crippen molar-refractivity contribution in [2.24, 2.45) is 5.92 Å². The van der Waals surface area contributed by atoms with Crippen LogP contribution < -0.4 is 5.32 Å². The van der Waals surface area contributed by atoms with Crippen molar-refractivity contribution in [1.82, 2.24) is 4.90 Å². The maximum absolute atomic E-state index is 13.0. The van der Waals surface area contributed by atoms with Gasteiger partial charge in [0.2, 0.25) is 0 Å². The van der Waals surface area contributed by atoms with Crippen LogP contribution >= 0.6 is 0 Å². The Morgan fingerprint density at radius 2 is 2.05 bits per heavy atom. The van der Waals surface area contributed by atoms with E-state index in [4.69, 9.17) is 0 Å². The number of nitrogens with zero attached hydrogens (tertiary/aromatic N) is 1. The number of para-hydroxylation sites is 1. The zero-order valence-corrected chi connectivity index (χ0v) is 12.6. The summed E-state index contributed by atoms with van der Waals surface area (Å²) in [6.45, 7) is 7.16. The molecule has 1 saturated heterocycles. The fourth-order valence-corrected chi connectivity index (χ4v) is 3.01. The highest BCUT2D eigenvalue weighted by molar-refractivity contribution is 5.53. The van der Waals surface area contributed by atoms with Crippen LogP contribution in [0.2, 0.25) is 0 Å². The van der Waals surface area contributed by atoms with Crippen LogP contribution in [-0.4, -0.2) is 30.6 Å².